The fourth-order valence-corrected chi connectivity index (χ4v) is 3.49. The highest BCUT2D eigenvalue weighted by Crippen LogP contribution is 2.30. The second-order valence-electron chi connectivity index (χ2n) is 9.07. The first-order valence-electron chi connectivity index (χ1n) is 10.5. The molecular formula is C22H36N2O5. The van der Waals surface area contributed by atoms with E-state index in [2.05, 4.69) is 9.88 Å². The number of aromatic nitrogens is 1. The molecule has 0 spiro atoms. The Labute approximate surface area is 174 Å². The van der Waals surface area contributed by atoms with Crippen molar-refractivity contribution in [1.29, 1.82) is 0 Å². The largest absolute Gasteiger partial charge is 0.460 e. The van der Waals surface area contributed by atoms with Crippen LogP contribution in [0.4, 0.5) is 0 Å². The summed E-state index contributed by atoms with van der Waals surface area (Å²) in [6.45, 7) is 10.6. The number of carbonyl (C=O) groups excluding carboxylic acids is 2. The van der Waals surface area contributed by atoms with Crippen molar-refractivity contribution in [2.75, 3.05) is 6.54 Å². The molecule has 0 saturated carbocycles. The summed E-state index contributed by atoms with van der Waals surface area (Å²) in [6.07, 6.45) is 6.45. The molecule has 2 rings (SSSR count). The highest BCUT2D eigenvalue weighted by atomic mass is 16.7. The van der Waals surface area contributed by atoms with Crippen molar-refractivity contribution in [2.24, 2.45) is 0 Å². The van der Waals surface area contributed by atoms with E-state index in [-0.39, 0.29) is 30.5 Å². The van der Waals surface area contributed by atoms with Gasteiger partial charge in [-0.15, -0.1) is 0 Å². The third-order valence-electron chi connectivity index (χ3n) is 4.52. The van der Waals surface area contributed by atoms with Gasteiger partial charge in [-0.2, -0.15) is 0 Å². The van der Waals surface area contributed by atoms with Crippen LogP contribution in [0, 0.1) is 0 Å². The molecule has 7 heteroatoms. The van der Waals surface area contributed by atoms with Gasteiger partial charge in [0.1, 0.15) is 5.60 Å². The summed E-state index contributed by atoms with van der Waals surface area (Å²) in [7, 11) is 0. The molecule has 0 bridgehead atoms. The van der Waals surface area contributed by atoms with E-state index in [1.165, 1.54) is 0 Å². The second-order valence-corrected chi connectivity index (χ2v) is 9.07. The molecular weight excluding hydrogens is 372 g/mol. The maximum Gasteiger partial charge on any atom is 0.308 e. The van der Waals surface area contributed by atoms with Crippen LogP contribution < -0.4 is 5.32 Å². The molecule has 1 aromatic rings. The molecule has 1 N–H and O–H groups in total. The van der Waals surface area contributed by atoms with Gasteiger partial charge in [-0.1, -0.05) is 0 Å². The molecule has 2 heterocycles. The molecule has 1 amide bonds. The molecule has 29 heavy (non-hydrogen) atoms. The molecule has 0 aliphatic carbocycles. The van der Waals surface area contributed by atoms with Gasteiger partial charge in [-0.25, -0.2) is 0 Å². The molecule has 0 radical (unpaired) electrons. The molecule has 1 aromatic heterocycles. The fourth-order valence-electron chi connectivity index (χ4n) is 3.49. The number of nitrogens with one attached hydrogen (secondary N) is 1. The maximum atomic E-state index is 12.1. The van der Waals surface area contributed by atoms with Gasteiger partial charge in [0, 0.05) is 38.3 Å². The van der Waals surface area contributed by atoms with Crippen molar-refractivity contribution in [3.63, 3.8) is 0 Å². The Balaban J connectivity index is 1.70. The lowest BCUT2D eigenvalue weighted by Gasteiger charge is -2.40. The maximum absolute atomic E-state index is 12.1. The topological polar surface area (TPSA) is 78.8 Å². The van der Waals surface area contributed by atoms with Crippen molar-refractivity contribution in [2.45, 2.75) is 96.9 Å². The van der Waals surface area contributed by atoms with E-state index < -0.39 is 11.4 Å². The second kappa shape index (κ2) is 10.3. The van der Waals surface area contributed by atoms with Gasteiger partial charge >= 0.3 is 5.97 Å². The number of ether oxygens (including phenoxy) is 3. The fraction of sp³-hybridized carbons (Fsp3) is 0.727. The van der Waals surface area contributed by atoms with Crippen LogP contribution in [0.3, 0.4) is 0 Å². The standard InChI is InChI=1S/C22H36N2O5/c1-21(2,3)29-20(26)16-18-15-17(27-22(4,5)28-18)10-11-23-19(25)9-8-14-24-12-6-7-13-24/h6-7,12-13,17-18H,8-11,14-16H2,1-5H3,(H,23,25)/t17-,18-/m1/s1. The molecule has 1 aliphatic heterocycles. The third kappa shape index (κ3) is 9.45. The zero-order chi connectivity index (χ0) is 21.5. The Morgan fingerprint density at radius 3 is 2.48 bits per heavy atom. The van der Waals surface area contributed by atoms with E-state index in [1.54, 1.807) is 0 Å². The lowest BCUT2D eigenvalue weighted by atomic mass is 10.0. The van der Waals surface area contributed by atoms with E-state index in [1.807, 2.05) is 59.1 Å². The van der Waals surface area contributed by atoms with Crippen molar-refractivity contribution in [1.82, 2.24) is 9.88 Å². The summed E-state index contributed by atoms with van der Waals surface area (Å²) < 4.78 is 19.3. The van der Waals surface area contributed by atoms with E-state index in [0.29, 0.717) is 25.8 Å². The van der Waals surface area contributed by atoms with Crippen molar-refractivity contribution in [3.8, 4) is 0 Å². The number of esters is 1. The monoisotopic (exact) mass is 408 g/mol. The average Bonchev–Trinajstić information content (AvgIpc) is 3.04. The summed E-state index contributed by atoms with van der Waals surface area (Å²) in [5.74, 6) is -0.986. The minimum Gasteiger partial charge on any atom is -0.460 e. The first-order chi connectivity index (χ1) is 13.5. The van der Waals surface area contributed by atoms with Gasteiger partial charge in [0.25, 0.3) is 0 Å². The van der Waals surface area contributed by atoms with Crippen LogP contribution in [-0.2, 0) is 30.3 Å². The normalized spacial score (nSPS) is 21.6. The van der Waals surface area contributed by atoms with E-state index >= 15 is 0 Å². The number of aryl methyl sites for hydroxylation is 1. The zero-order valence-electron chi connectivity index (χ0n) is 18.4. The number of rotatable bonds is 9. The number of hydrogen-bond acceptors (Lipinski definition) is 5. The predicted molar refractivity (Wildman–Crippen MR) is 110 cm³/mol. The first-order valence-corrected chi connectivity index (χ1v) is 10.5. The molecule has 2 atom stereocenters. The Kier molecular flexibility index (Phi) is 8.28. The van der Waals surface area contributed by atoms with Crippen molar-refractivity contribution < 1.29 is 23.8 Å². The summed E-state index contributed by atoms with van der Waals surface area (Å²) in [5, 5.41) is 2.96. The summed E-state index contributed by atoms with van der Waals surface area (Å²) in [4.78, 5) is 24.2. The predicted octanol–water partition coefficient (Wildman–Crippen LogP) is 3.42. The minimum atomic E-state index is -0.767. The number of hydrogen-bond donors (Lipinski definition) is 1. The first kappa shape index (κ1) is 23.4. The Hall–Kier alpha value is -1.86. The molecule has 0 unspecified atom stereocenters. The Morgan fingerprint density at radius 2 is 1.83 bits per heavy atom. The molecule has 7 nitrogen and oxygen atoms in total. The van der Waals surface area contributed by atoms with Crippen LogP contribution >= 0.6 is 0 Å². The zero-order valence-corrected chi connectivity index (χ0v) is 18.4. The summed E-state index contributed by atoms with van der Waals surface area (Å²) in [6, 6.07) is 3.96. The molecule has 0 aromatic carbocycles. The average molecular weight is 409 g/mol. The Bertz CT molecular complexity index is 649. The molecule has 1 saturated heterocycles. The van der Waals surface area contributed by atoms with Gasteiger partial charge in [0.05, 0.1) is 18.6 Å². The van der Waals surface area contributed by atoms with Crippen LogP contribution in [0.5, 0.6) is 0 Å². The molecule has 1 fully saturated rings. The lowest BCUT2D eigenvalue weighted by Crippen LogP contribution is -2.46. The summed E-state index contributed by atoms with van der Waals surface area (Å²) in [5.41, 5.74) is -0.511. The van der Waals surface area contributed by atoms with Crippen molar-refractivity contribution in [3.05, 3.63) is 24.5 Å². The third-order valence-corrected chi connectivity index (χ3v) is 4.52. The molecule has 164 valence electrons. The smallest absolute Gasteiger partial charge is 0.308 e. The van der Waals surface area contributed by atoms with E-state index in [9.17, 15) is 9.59 Å². The number of nitrogens with zero attached hydrogens (tertiary/aromatic N) is 1. The van der Waals surface area contributed by atoms with Crippen LogP contribution in [0.15, 0.2) is 24.5 Å². The van der Waals surface area contributed by atoms with Crippen LogP contribution in [0.2, 0.25) is 0 Å². The van der Waals surface area contributed by atoms with Crippen LogP contribution in [0.25, 0.3) is 0 Å². The molecule has 1 aliphatic rings. The highest BCUT2D eigenvalue weighted by Gasteiger charge is 2.36. The van der Waals surface area contributed by atoms with Gasteiger partial charge in [-0.05, 0) is 59.6 Å². The SMILES string of the molecule is CC(C)(C)OC(=O)C[C@H]1C[C@@H](CCNC(=O)CCCn2cccc2)OC(C)(C)O1. The van der Waals surface area contributed by atoms with Gasteiger partial charge in [0.15, 0.2) is 5.79 Å². The quantitative estimate of drug-likeness (QED) is 0.634. The number of carbonyl (C=O) groups is 2. The number of amides is 1. The highest BCUT2D eigenvalue weighted by molar-refractivity contribution is 5.75. The van der Waals surface area contributed by atoms with Gasteiger partial charge in [-0.3, -0.25) is 9.59 Å². The van der Waals surface area contributed by atoms with Crippen LogP contribution in [0.1, 0.15) is 66.7 Å². The van der Waals surface area contributed by atoms with E-state index in [0.717, 1.165) is 13.0 Å². The minimum absolute atomic E-state index is 0.0498. The Morgan fingerprint density at radius 1 is 1.17 bits per heavy atom. The van der Waals surface area contributed by atoms with E-state index in [4.69, 9.17) is 14.2 Å². The van der Waals surface area contributed by atoms with Gasteiger partial charge < -0.3 is 24.1 Å². The van der Waals surface area contributed by atoms with Gasteiger partial charge in [0.2, 0.25) is 5.91 Å². The lowest BCUT2D eigenvalue weighted by molar-refractivity contribution is -0.300. The van der Waals surface area contributed by atoms with Crippen molar-refractivity contribution >= 4 is 11.9 Å². The van der Waals surface area contributed by atoms with Crippen LogP contribution in [-0.4, -0.2) is 46.6 Å². The summed E-state index contributed by atoms with van der Waals surface area (Å²) >= 11 is 0.